The number of hydrogen-bond acceptors (Lipinski definition) is 7. The molecule has 158 valence electrons. The van der Waals surface area contributed by atoms with E-state index in [0.717, 1.165) is 4.57 Å². The van der Waals surface area contributed by atoms with Gasteiger partial charge in [-0.1, -0.05) is 0 Å². The minimum atomic E-state index is -0.907. The highest BCUT2D eigenvalue weighted by Gasteiger charge is 2.36. The van der Waals surface area contributed by atoms with Crippen LogP contribution in [0.25, 0.3) is 5.69 Å². The Bertz CT molecular complexity index is 861. The van der Waals surface area contributed by atoms with E-state index >= 15 is 0 Å². The van der Waals surface area contributed by atoms with Gasteiger partial charge < -0.3 is 24.4 Å². The Labute approximate surface area is 169 Å². The summed E-state index contributed by atoms with van der Waals surface area (Å²) < 4.78 is 17.0. The second-order valence-electron chi connectivity index (χ2n) is 8.43. The molecule has 0 fully saturated rings. The molecule has 2 aromatic rings. The van der Waals surface area contributed by atoms with Gasteiger partial charge in [-0.3, -0.25) is 4.57 Å². The van der Waals surface area contributed by atoms with Gasteiger partial charge in [0.15, 0.2) is 22.9 Å². The summed E-state index contributed by atoms with van der Waals surface area (Å²) in [4.78, 5) is 25.6. The fourth-order valence-corrected chi connectivity index (χ4v) is 2.57. The van der Waals surface area contributed by atoms with Crippen LogP contribution in [0.2, 0.25) is 0 Å². The van der Waals surface area contributed by atoms with Gasteiger partial charge in [0.05, 0.1) is 7.11 Å². The van der Waals surface area contributed by atoms with Crippen molar-refractivity contribution in [1.82, 2.24) is 4.57 Å². The first-order valence-corrected chi connectivity index (χ1v) is 9.03. The number of carbonyl (C=O) groups excluding carboxylic acids is 2. The Kier molecular flexibility index (Phi) is 5.87. The van der Waals surface area contributed by atoms with Crippen molar-refractivity contribution in [2.24, 2.45) is 0 Å². The molecule has 2 N–H and O–H groups in total. The van der Waals surface area contributed by atoms with Crippen LogP contribution >= 0.6 is 0 Å². The molecular formula is C21H27NO7. The van der Waals surface area contributed by atoms with Crippen molar-refractivity contribution in [3.05, 3.63) is 35.7 Å². The van der Waals surface area contributed by atoms with Crippen molar-refractivity contribution in [3.8, 4) is 22.9 Å². The molecule has 2 rings (SSSR count). The molecule has 0 aliphatic rings. The van der Waals surface area contributed by atoms with Gasteiger partial charge in [0, 0.05) is 5.69 Å². The molecule has 1 aromatic heterocycles. The number of ether oxygens (including phenoxy) is 3. The lowest BCUT2D eigenvalue weighted by Crippen LogP contribution is -2.27. The Balaban J connectivity index is 2.74. The maximum atomic E-state index is 12.8. The van der Waals surface area contributed by atoms with Crippen molar-refractivity contribution < 1.29 is 34.0 Å². The van der Waals surface area contributed by atoms with Crippen LogP contribution in [0.15, 0.2) is 24.3 Å². The minimum absolute atomic E-state index is 0.322. The molecule has 0 aliphatic carbocycles. The second-order valence-corrected chi connectivity index (χ2v) is 8.43. The van der Waals surface area contributed by atoms with E-state index in [1.165, 1.54) is 7.11 Å². The average molecular weight is 405 g/mol. The van der Waals surface area contributed by atoms with Crippen LogP contribution in [-0.4, -0.2) is 45.0 Å². The number of aromatic nitrogens is 1. The topological polar surface area (TPSA) is 107 Å². The van der Waals surface area contributed by atoms with Gasteiger partial charge >= 0.3 is 11.9 Å². The number of esters is 2. The highest BCUT2D eigenvalue weighted by Crippen LogP contribution is 2.40. The molecule has 0 amide bonds. The summed E-state index contributed by atoms with van der Waals surface area (Å²) >= 11 is 0. The SMILES string of the molecule is COc1ccc(-n2c(C(=O)OC(C)(C)C)c(O)c(O)c2C(=O)OC(C)(C)C)cc1. The van der Waals surface area contributed by atoms with Gasteiger partial charge in [-0.05, 0) is 65.8 Å². The van der Waals surface area contributed by atoms with Crippen molar-refractivity contribution in [2.75, 3.05) is 7.11 Å². The highest BCUT2D eigenvalue weighted by molar-refractivity contribution is 6.00. The third-order valence-corrected chi connectivity index (χ3v) is 3.64. The zero-order valence-electron chi connectivity index (χ0n) is 17.7. The molecule has 0 atom stereocenters. The number of nitrogens with zero attached hydrogens (tertiary/aromatic N) is 1. The zero-order chi connectivity index (χ0) is 22.1. The van der Waals surface area contributed by atoms with Crippen LogP contribution in [0.4, 0.5) is 0 Å². The Hall–Kier alpha value is -3.16. The molecule has 0 spiro atoms. The molecule has 1 heterocycles. The molecular weight excluding hydrogens is 378 g/mol. The zero-order valence-corrected chi connectivity index (χ0v) is 17.7. The van der Waals surface area contributed by atoms with E-state index in [1.807, 2.05) is 0 Å². The normalized spacial score (nSPS) is 11.8. The largest absolute Gasteiger partial charge is 0.503 e. The molecule has 0 saturated heterocycles. The summed E-state index contributed by atoms with van der Waals surface area (Å²) in [6, 6.07) is 6.36. The standard InChI is InChI=1S/C21H27NO7/c1-20(2,3)28-18(25)14-16(23)17(24)15(19(26)29-21(4,5)6)22(14)12-8-10-13(27-7)11-9-12/h8-11,23-24H,1-7H3. The number of aromatic hydroxyl groups is 2. The molecule has 8 heteroatoms. The van der Waals surface area contributed by atoms with Gasteiger partial charge in [-0.25, -0.2) is 9.59 Å². The number of rotatable bonds is 4. The maximum absolute atomic E-state index is 12.8. The Morgan fingerprint density at radius 3 is 1.48 bits per heavy atom. The molecule has 0 bridgehead atoms. The molecule has 8 nitrogen and oxygen atoms in total. The molecule has 0 saturated carbocycles. The molecule has 1 aromatic carbocycles. The quantitative estimate of drug-likeness (QED) is 0.745. The third kappa shape index (κ3) is 5.01. The van der Waals surface area contributed by atoms with Crippen molar-refractivity contribution in [1.29, 1.82) is 0 Å². The third-order valence-electron chi connectivity index (χ3n) is 3.64. The fourth-order valence-electron chi connectivity index (χ4n) is 2.57. The van der Waals surface area contributed by atoms with E-state index in [1.54, 1.807) is 65.8 Å². The predicted octanol–water partition coefficient (Wildman–Crippen LogP) is 3.81. The summed E-state index contributed by atoms with van der Waals surface area (Å²) in [5.41, 5.74) is -2.17. The first-order chi connectivity index (χ1) is 13.2. The van der Waals surface area contributed by atoms with Gasteiger partial charge in [0.1, 0.15) is 17.0 Å². The van der Waals surface area contributed by atoms with Gasteiger partial charge in [0.25, 0.3) is 0 Å². The minimum Gasteiger partial charge on any atom is -0.503 e. The van der Waals surface area contributed by atoms with Crippen LogP contribution in [0.3, 0.4) is 0 Å². The van der Waals surface area contributed by atoms with Crippen molar-refractivity contribution in [2.45, 2.75) is 52.7 Å². The lowest BCUT2D eigenvalue weighted by atomic mass is 10.2. The van der Waals surface area contributed by atoms with E-state index in [9.17, 15) is 19.8 Å². The first kappa shape index (κ1) is 22.1. The molecule has 0 aliphatic heterocycles. The Morgan fingerprint density at radius 1 is 0.793 bits per heavy atom. The van der Waals surface area contributed by atoms with E-state index in [4.69, 9.17) is 14.2 Å². The number of carbonyl (C=O) groups is 2. The van der Waals surface area contributed by atoms with Gasteiger partial charge in [0.2, 0.25) is 0 Å². The predicted molar refractivity (Wildman–Crippen MR) is 106 cm³/mol. The monoisotopic (exact) mass is 405 g/mol. The summed E-state index contributed by atoms with van der Waals surface area (Å²) in [5.74, 6) is -2.80. The molecule has 0 unspecified atom stereocenters. The van der Waals surface area contributed by atoms with Crippen LogP contribution < -0.4 is 4.74 Å². The lowest BCUT2D eigenvalue weighted by Gasteiger charge is -2.22. The van der Waals surface area contributed by atoms with Crippen LogP contribution in [0.5, 0.6) is 17.2 Å². The van der Waals surface area contributed by atoms with E-state index in [2.05, 4.69) is 0 Å². The van der Waals surface area contributed by atoms with Crippen LogP contribution in [0.1, 0.15) is 62.5 Å². The number of hydrogen-bond donors (Lipinski definition) is 2. The molecule has 0 radical (unpaired) electrons. The Morgan fingerprint density at radius 2 is 1.17 bits per heavy atom. The summed E-state index contributed by atoms with van der Waals surface area (Å²) in [7, 11) is 1.50. The summed E-state index contributed by atoms with van der Waals surface area (Å²) in [6.45, 7) is 9.98. The second kappa shape index (κ2) is 7.69. The first-order valence-electron chi connectivity index (χ1n) is 9.03. The van der Waals surface area contributed by atoms with Gasteiger partial charge in [-0.2, -0.15) is 0 Å². The maximum Gasteiger partial charge on any atom is 0.359 e. The lowest BCUT2D eigenvalue weighted by molar-refractivity contribution is 0.00549. The van der Waals surface area contributed by atoms with Gasteiger partial charge in [-0.15, -0.1) is 0 Å². The van der Waals surface area contributed by atoms with E-state index in [0.29, 0.717) is 11.4 Å². The van der Waals surface area contributed by atoms with Crippen LogP contribution in [-0.2, 0) is 9.47 Å². The smallest absolute Gasteiger partial charge is 0.359 e. The molecule has 29 heavy (non-hydrogen) atoms. The van der Waals surface area contributed by atoms with Crippen molar-refractivity contribution >= 4 is 11.9 Å². The van der Waals surface area contributed by atoms with E-state index < -0.39 is 34.6 Å². The van der Waals surface area contributed by atoms with Crippen LogP contribution in [0, 0.1) is 0 Å². The van der Waals surface area contributed by atoms with E-state index in [-0.39, 0.29) is 11.4 Å². The number of benzene rings is 1. The summed E-state index contributed by atoms with van der Waals surface area (Å²) in [5, 5.41) is 20.9. The summed E-state index contributed by atoms with van der Waals surface area (Å²) in [6.07, 6.45) is 0. The van der Waals surface area contributed by atoms with Crippen molar-refractivity contribution in [3.63, 3.8) is 0 Å². The fraction of sp³-hybridized carbons (Fsp3) is 0.429. The highest BCUT2D eigenvalue weighted by atomic mass is 16.6. The average Bonchev–Trinajstić information content (AvgIpc) is 2.83. The number of methoxy groups -OCH3 is 1.